The number of aliphatic carboxylic acids is 1. The van der Waals surface area contributed by atoms with Gasteiger partial charge < -0.3 is 10.0 Å². The molecule has 1 rings (SSSR count). The van der Waals surface area contributed by atoms with E-state index in [0.717, 1.165) is 6.07 Å². The molecule has 0 saturated carbocycles. The Labute approximate surface area is 109 Å². The monoisotopic (exact) mass is 271 g/mol. The molecule has 0 fully saturated rings. The molecule has 1 aromatic carbocycles. The van der Waals surface area contributed by atoms with Gasteiger partial charge in [0.05, 0.1) is 0 Å². The first-order valence-electron chi connectivity index (χ1n) is 5.77. The molecule has 6 heteroatoms. The third-order valence-corrected chi connectivity index (χ3v) is 2.62. The predicted molar refractivity (Wildman–Crippen MR) is 65.2 cm³/mol. The maximum atomic E-state index is 12.5. The van der Waals surface area contributed by atoms with E-state index >= 15 is 0 Å². The van der Waals surface area contributed by atoms with Gasteiger partial charge in [0.25, 0.3) is 12.3 Å². The molecule has 0 radical (unpaired) electrons. The number of amides is 1. The predicted octanol–water partition coefficient (Wildman–Crippen LogP) is 2.56. The van der Waals surface area contributed by atoms with Crippen LogP contribution in [0.1, 0.15) is 35.2 Å². The Morgan fingerprint density at radius 3 is 2.63 bits per heavy atom. The Kier molecular flexibility index (Phi) is 5.41. The highest BCUT2D eigenvalue weighted by molar-refractivity contribution is 5.94. The largest absolute Gasteiger partial charge is 0.481 e. The standard InChI is InChI=1S/C13H15F2NO3/c1-16(7-3-6-11(17)18)13(19)10-5-2-4-9(8-10)12(14)15/h2,4-5,8,12H,3,6-7H2,1H3,(H,17,18). The normalized spacial score (nSPS) is 10.5. The van der Waals surface area contributed by atoms with Crippen LogP contribution in [0.15, 0.2) is 24.3 Å². The molecule has 0 heterocycles. The zero-order chi connectivity index (χ0) is 14.4. The van der Waals surface area contributed by atoms with Gasteiger partial charge in [0, 0.05) is 31.1 Å². The topological polar surface area (TPSA) is 57.6 Å². The Hall–Kier alpha value is -1.98. The van der Waals surface area contributed by atoms with Crippen molar-refractivity contribution in [3.63, 3.8) is 0 Å². The number of nitrogens with zero attached hydrogens (tertiary/aromatic N) is 1. The SMILES string of the molecule is CN(CCCC(=O)O)C(=O)c1cccc(C(F)F)c1. The van der Waals surface area contributed by atoms with E-state index in [9.17, 15) is 18.4 Å². The van der Waals surface area contributed by atoms with Crippen molar-refractivity contribution in [3.05, 3.63) is 35.4 Å². The van der Waals surface area contributed by atoms with Gasteiger partial charge >= 0.3 is 5.97 Å². The number of rotatable bonds is 6. The number of hydrogen-bond donors (Lipinski definition) is 1. The smallest absolute Gasteiger partial charge is 0.303 e. The van der Waals surface area contributed by atoms with Crippen LogP contribution < -0.4 is 0 Å². The van der Waals surface area contributed by atoms with E-state index in [1.807, 2.05) is 0 Å². The van der Waals surface area contributed by atoms with Crippen LogP contribution in [0.5, 0.6) is 0 Å². The third-order valence-electron chi connectivity index (χ3n) is 2.62. The molecule has 0 atom stereocenters. The second-order valence-corrected chi connectivity index (χ2v) is 4.15. The second kappa shape index (κ2) is 6.82. The Morgan fingerprint density at radius 1 is 1.37 bits per heavy atom. The molecule has 0 aliphatic heterocycles. The molecule has 19 heavy (non-hydrogen) atoms. The van der Waals surface area contributed by atoms with Crippen LogP contribution in [0.4, 0.5) is 8.78 Å². The molecule has 1 aromatic rings. The first-order valence-corrected chi connectivity index (χ1v) is 5.77. The summed E-state index contributed by atoms with van der Waals surface area (Å²) in [7, 11) is 1.51. The molecule has 0 saturated heterocycles. The summed E-state index contributed by atoms with van der Waals surface area (Å²) in [5.41, 5.74) is -0.0274. The fourth-order valence-corrected chi connectivity index (χ4v) is 1.60. The van der Waals surface area contributed by atoms with Gasteiger partial charge in [-0.25, -0.2) is 8.78 Å². The zero-order valence-electron chi connectivity index (χ0n) is 10.5. The van der Waals surface area contributed by atoms with Crippen molar-refractivity contribution < 1.29 is 23.5 Å². The lowest BCUT2D eigenvalue weighted by atomic mass is 10.1. The van der Waals surface area contributed by atoms with Gasteiger partial charge in [-0.3, -0.25) is 9.59 Å². The van der Waals surface area contributed by atoms with Crippen LogP contribution in [-0.2, 0) is 4.79 Å². The van der Waals surface area contributed by atoms with Crippen LogP contribution in [0.2, 0.25) is 0 Å². The van der Waals surface area contributed by atoms with E-state index in [0.29, 0.717) is 6.42 Å². The fourth-order valence-electron chi connectivity index (χ4n) is 1.60. The Morgan fingerprint density at radius 2 is 2.05 bits per heavy atom. The molecule has 1 N–H and O–H groups in total. The molecular formula is C13H15F2NO3. The number of carbonyl (C=O) groups excluding carboxylic acids is 1. The Bertz CT molecular complexity index is 463. The lowest BCUT2D eigenvalue weighted by molar-refractivity contribution is -0.137. The maximum Gasteiger partial charge on any atom is 0.303 e. The van der Waals surface area contributed by atoms with Gasteiger partial charge in [-0.2, -0.15) is 0 Å². The molecule has 0 spiro atoms. The van der Waals surface area contributed by atoms with Crippen molar-refractivity contribution in [1.82, 2.24) is 4.90 Å². The number of carboxylic acid groups (broad SMARTS) is 1. The van der Waals surface area contributed by atoms with Crippen LogP contribution in [0.25, 0.3) is 0 Å². The molecule has 1 amide bonds. The highest BCUT2D eigenvalue weighted by Gasteiger charge is 2.14. The number of benzene rings is 1. The lowest BCUT2D eigenvalue weighted by Gasteiger charge is -2.17. The number of halogens is 2. The van der Waals surface area contributed by atoms with Gasteiger partial charge in [-0.15, -0.1) is 0 Å². The van der Waals surface area contributed by atoms with Crippen molar-refractivity contribution in [2.24, 2.45) is 0 Å². The maximum absolute atomic E-state index is 12.5. The first-order chi connectivity index (χ1) is 8.91. The number of carbonyl (C=O) groups is 2. The minimum Gasteiger partial charge on any atom is -0.481 e. The van der Waals surface area contributed by atoms with E-state index in [2.05, 4.69) is 0 Å². The zero-order valence-corrected chi connectivity index (χ0v) is 10.5. The van der Waals surface area contributed by atoms with Crippen molar-refractivity contribution in [2.75, 3.05) is 13.6 Å². The summed E-state index contributed by atoms with van der Waals surface area (Å²) >= 11 is 0. The lowest BCUT2D eigenvalue weighted by Crippen LogP contribution is -2.28. The van der Waals surface area contributed by atoms with E-state index in [4.69, 9.17) is 5.11 Å². The summed E-state index contributed by atoms with van der Waals surface area (Å²) in [4.78, 5) is 23.6. The Balaban J connectivity index is 2.66. The summed E-state index contributed by atoms with van der Waals surface area (Å²) in [6.45, 7) is 0.268. The molecule has 0 bridgehead atoms. The van der Waals surface area contributed by atoms with Gasteiger partial charge in [0.2, 0.25) is 0 Å². The van der Waals surface area contributed by atoms with E-state index < -0.39 is 18.3 Å². The number of hydrogen-bond acceptors (Lipinski definition) is 2. The van der Waals surface area contributed by atoms with Gasteiger partial charge in [-0.1, -0.05) is 12.1 Å². The summed E-state index contributed by atoms with van der Waals surface area (Å²) in [6.07, 6.45) is -2.33. The van der Waals surface area contributed by atoms with Gasteiger partial charge in [0.15, 0.2) is 0 Å². The van der Waals surface area contributed by atoms with Crippen molar-refractivity contribution in [3.8, 4) is 0 Å². The molecular weight excluding hydrogens is 256 g/mol. The van der Waals surface area contributed by atoms with Crippen LogP contribution >= 0.6 is 0 Å². The average Bonchev–Trinajstić information content (AvgIpc) is 2.37. The molecule has 104 valence electrons. The molecule has 0 aromatic heterocycles. The van der Waals surface area contributed by atoms with Crippen molar-refractivity contribution in [2.45, 2.75) is 19.3 Å². The van der Waals surface area contributed by atoms with Crippen LogP contribution in [0.3, 0.4) is 0 Å². The molecule has 0 unspecified atom stereocenters. The summed E-state index contributed by atoms with van der Waals surface area (Å²) in [5.74, 6) is -1.33. The number of carboxylic acids is 1. The fraction of sp³-hybridized carbons (Fsp3) is 0.385. The van der Waals surface area contributed by atoms with Crippen LogP contribution in [-0.4, -0.2) is 35.5 Å². The second-order valence-electron chi connectivity index (χ2n) is 4.15. The first kappa shape index (κ1) is 15.1. The van der Waals surface area contributed by atoms with Gasteiger partial charge in [0.1, 0.15) is 0 Å². The van der Waals surface area contributed by atoms with E-state index in [1.165, 1.54) is 30.1 Å². The number of alkyl halides is 2. The summed E-state index contributed by atoms with van der Waals surface area (Å²) in [6, 6.07) is 5.27. The van der Waals surface area contributed by atoms with Gasteiger partial charge in [-0.05, 0) is 18.6 Å². The van der Waals surface area contributed by atoms with Crippen LogP contribution in [0, 0.1) is 0 Å². The minimum absolute atomic E-state index is 0.0330. The summed E-state index contributed by atoms with van der Waals surface area (Å²) in [5, 5.41) is 8.49. The average molecular weight is 271 g/mol. The third kappa shape index (κ3) is 4.65. The molecule has 0 aliphatic carbocycles. The van der Waals surface area contributed by atoms with Crippen molar-refractivity contribution in [1.29, 1.82) is 0 Å². The van der Waals surface area contributed by atoms with E-state index in [-0.39, 0.29) is 24.1 Å². The molecule has 0 aliphatic rings. The highest BCUT2D eigenvalue weighted by atomic mass is 19.3. The highest BCUT2D eigenvalue weighted by Crippen LogP contribution is 2.20. The molecule has 4 nitrogen and oxygen atoms in total. The minimum atomic E-state index is -2.62. The quantitative estimate of drug-likeness (QED) is 0.865. The van der Waals surface area contributed by atoms with E-state index in [1.54, 1.807) is 0 Å². The van der Waals surface area contributed by atoms with Crippen molar-refractivity contribution >= 4 is 11.9 Å². The summed E-state index contributed by atoms with van der Waals surface area (Å²) < 4.78 is 25.0.